The van der Waals surface area contributed by atoms with Gasteiger partial charge in [-0.3, -0.25) is 11.3 Å². The Kier molecular flexibility index (Phi) is 5.04. The van der Waals surface area contributed by atoms with Gasteiger partial charge in [0.25, 0.3) is 0 Å². The Bertz CT molecular complexity index is 508. The van der Waals surface area contributed by atoms with E-state index in [0.717, 1.165) is 37.2 Å². The van der Waals surface area contributed by atoms with Crippen molar-refractivity contribution < 1.29 is 4.74 Å². The van der Waals surface area contributed by atoms with Crippen molar-refractivity contribution in [2.45, 2.75) is 30.9 Å². The minimum absolute atomic E-state index is 0.0427. The van der Waals surface area contributed by atoms with Gasteiger partial charge in [-0.15, -0.1) is 0 Å². The van der Waals surface area contributed by atoms with Crippen molar-refractivity contribution in [1.82, 2.24) is 5.43 Å². The molecule has 116 valence electrons. The highest BCUT2D eigenvalue weighted by Crippen LogP contribution is 2.44. The molecule has 3 unspecified atom stereocenters. The first-order valence-electron chi connectivity index (χ1n) is 7.26. The van der Waals surface area contributed by atoms with Crippen LogP contribution in [0.25, 0.3) is 0 Å². The summed E-state index contributed by atoms with van der Waals surface area (Å²) in [5.41, 5.74) is 4.03. The Morgan fingerprint density at radius 3 is 2.95 bits per heavy atom. The normalized spacial score (nSPS) is 30.7. The third kappa shape index (κ3) is 3.36. The van der Waals surface area contributed by atoms with E-state index >= 15 is 0 Å². The van der Waals surface area contributed by atoms with Gasteiger partial charge in [0.2, 0.25) is 0 Å². The zero-order valence-electron chi connectivity index (χ0n) is 11.8. The van der Waals surface area contributed by atoms with Gasteiger partial charge in [0.15, 0.2) is 0 Å². The molecule has 2 aliphatic heterocycles. The van der Waals surface area contributed by atoms with E-state index in [2.05, 4.69) is 5.43 Å². The molecule has 2 fully saturated rings. The minimum Gasteiger partial charge on any atom is -0.374 e. The lowest BCUT2D eigenvalue weighted by Gasteiger charge is -2.41. The van der Waals surface area contributed by atoms with Crippen LogP contribution in [-0.2, 0) is 4.74 Å². The van der Waals surface area contributed by atoms with E-state index in [1.165, 1.54) is 5.75 Å². The second kappa shape index (κ2) is 6.65. The Balaban J connectivity index is 1.82. The molecule has 0 aliphatic carbocycles. The monoisotopic (exact) mass is 346 g/mol. The largest absolute Gasteiger partial charge is 0.374 e. The van der Waals surface area contributed by atoms with E-state index in [-0.39, 0.29) is 11.6 Å². The van der Waals surface area contributed by atoms with Gasteiger partial charge >= 0.3 is 0 Å². The lowest BCUT2D eigenvalue weighted by molar-refractivity contribution is -0.0854. The molecule has 0 aromatic heterocycles. The highest BCUT2D eigenvalue weighted by atomic mass is 35.5. The summed E-state index contributed by atoms with van der Waals surface area (Å²) < 4.78 is 6.09. The SMILES string of the molecule is NNC(c1ccc(Cl)cc1Cl)C1CCOC2(CCSC2)C1. The number of halogens is 2. The van der Waals surface area contributed by atoms with E-state index in [1.807, 2.05) is 23.9 Å². The first-order valence-corrected chi connectivity index (χ1v) is 9.17. The molecular weight excluding hydrogens is 327 g/mol. The first kappa shape index (κ1) is 15.9. The van der Waals surface area contributed by atoms with Gasteiger partial charge in [0.05, 0.1) is 11.6 Å². The van der Waals surface area contributed by atoms with Crippen molar-refractivity contribution >= 4 is 35.0 Å². The number of thioether (sulfide) groups is 1. The molecule has 3 rings (SSSR count). The van der Waals surface area contributed by atoms with E-state index in [9.17, 15) is 0 Å². The standard InChI is InChI=1S/C15H20Cl2N2OS/c16-11-1-2-12(13(17)7-11)14(19-18)10-3-5-20-15(8-10)4-6-21-9-15/h1-2,7,10,14,19H,3-6,8-9,18H2. The number of hydrogen-bond donors (Lipinski definition) is 2. The van der Waals surface area contributed by atoms with Crippen LogP contribution >= 0.6 is 35.0 Å². The fourth-order valence-electron chi connectivity index (χ4n) is 3.45. The van der Waals surface area contributed by atoms with Crippen molar-refractivity contribution in [1.29, 1.82) is 0 Å². The van der Waals surface area contributed by atoms with Crippen LogP contribution in [0.1, 0.15) is 30.9 Å². The zero-order chi connectivity index (χ0) is 14.9. The fourth-order valence-corrected chi connectivity index (χ4v) is 5.35. The first-order chi connectivity index (χ1) is 10.1. The summed E-state index contributed by atoms with van der Waals surface area (Å²) in [7, 11) is 0. The second-order valence-electron chi connectivity index (χ2n) is 5.90. The van der Waals surface area contributed by atoms with Crippen molar-refractivity contribution in [2.75, 3.05) is 18.1 Å². The summed E-state index contributed by atoms with van der Waals surface area (Å²) in [4.78, 5) is 0. The molecule has 3 atom stereocenters. The number of nitrogens with two attached hydrogens (primary N) is 1. The quantitative estimate of drug-likeness (QED) is 0.645. The van der Waals surface area contributed by atoms with Crippen molar-refractivity contribution in [3.63, 3.8) is 0 Å². The van der Waals surface area contributed by atoms with E-state index in [4.69, 9.17) is 33.8 Å². The molecule has 2 saturated heterocycles. The predicted octanol–water partition coefficient (Wildman–Crippen LogP) is 3.80. The molecule has 1 aromatic carbocycles. The highest BCUT2D eigenvalue weighted by Gasteiger charge is 2.42. The van der Waals surface area contributed by atoms with Gasteiger partial charge in [-0.2, -0.15) is 11.8 Å². The lowest BCUT2D eigenvalue weighted by Crippen LogP contribution is -2.45. The molecule has 0 radical (unpaired) electrons. The number of benzene rings is 1. The predicted molar refractivity (Wildman–Crippen MR) is 89.9 cm³/mol. The molecule has 0 saturated carbocycles. The van der Waals surface area contributed by atoms with Gasteiger partial charge in [-0.25, -0.2) is 0 Å². The Morgan fingerprint density at radius 1 is 1.43 bits per heavy atom. The van der Waals surface area contributed by atoms with Crippen LogP contribution in [0.2, 0.25) is 10.0 Å². The minimum atomic E-state index is 0.0427. The van der Waals surface area contributed by atoms with Crippen molar-refractivity contribution in [3.8, 4) is 0 Å². The summed E-state index contributed by atoms with van der Waals surface area (Å²) in [6.07, 6.45) is 3.17. The van der Waals surface area contributed by atoms with Gasteiger partial charge in [0.1, 0.15) is 0 Å². The molecular formula is C15H20Cl2N2OS. The Labute approximate surface area is 139 Å². The summed E-state index contributed by atoms with van der Waals surface area (Å²) in [6.45, 7) is 0.800. The van der Waals surface area contributed by atoms with E-state index in [1.54, 1.807) is 6.07 Å². The van der Waals surface area contributed by atoms with Crippen LogP contribution in [0.15, 0.2) is 18.2 Å². The van der Waals surface area contributed by atoms with Crippen molar-refractivity contribution in [2.24, 2.45) is 11.8 Å². The average molecular weight is 347 g/mol. The van der Waals surface area contributed by atoms with Gasteiger partial charge in [-0.1, -0.05) is 29.3 Å². The lowest BCUT2D eigenvalue weighted by atomic mass is 9.79. The van der Waals surface area contributed by atoms with Crippen LogP contribution in [0.3, 0.4) is 0 Å². The number of hydrogen-bond acceptors (Lipinski definition) is 4. The van der Waals surface area contributed by atoms with Crippen LogP contribution in [0.5, 0.6) is 0 Å². The molecule has 21 heavy (non-hydrogen) atoms. The topological polar surface area (TPSA) is 47.3 Å². The molecule has 1 aromatic rings. The molecule has 0 bridgehead atoms. The van der Waals surface area contributed by atoms with E-state index < -0.39 is 0 Å². The molecule has 0 amide bonds. The maximum absolute atomic E-state index is 6.36. The smallest absolute Gasteiger partial charge is 0.0783 e. The summed E-state index contributed by atoms with van der Waals surface area (Å²) >= 11 is 14.3. The second-order valence-corrected chi connectivity index (χ2v) is 7.85. The number of nitrogens with one attached hydrogen (secondary N) is 1. The van der Waals surface area contributed by atoms with Crippen LogP contribution in [-0.4, -0.2) is 23.7 Å². The average Bonchev–Trinajstić information content (AvgIpc) is 2.90. The molecule has 2 aliphatic rings. The maximum atomic E-state index is 6.36. The van der Waals surface area contributed by atoms with Gasteiger partial charge in [-0.05, 0) is 48.6 Å². The Hall–Kier alpha value is 0.0300. The number of ether oxygens (including phenoxy) is 1. The van der Waals surface area contributed by atoms with Crippen molar-refractivity contribution in [3.05, 3.63) is 33.8 Å². The van der Waals surface area contributed by atoms with Crippen LogP contribution < -0.4 is 11.3 Å². The molecule has 2 heterocycles. The maximum Gasteiger partial charge on any atom is 0.0783 e. The van der Waals surface area contributed by atoms with Crippen LogP contribution in [0, 0.1) is 5.92 Å². The Morgan fingerprint density at radius 2 is 2.29 bits per heavy atom. The number of rotatable bonds is 3. The molecule has 3 N–H and O–H groups in total. The number of hydrazine groups is 1. The summed E-state index contributed by atoms with van der Waals surface area (Å²) in [6, 6.07) is 5.67. The third-order valence-electron chi connectivity index (χ3n) is 4.55. The van der Waals surface area contributed by atoms with E-state index in [0.29, 0.717) is 16.0 Å². The fraction of sp³-hybridized carbons (Fsp3) is 0.600. The summed E-state index contributed by atoms with van der Waals surface area (Å²) in [5.74, 6) is 8.56. The molecule has 3 nitrogen and oxygen atoms in total. The molecule has 1 spiro atoms. The van der Waals surface area contributed by atoms with Gasteiger partial charge < -0.3 is 4.74 Å². The zero-order valence-corrected chi connectivity index (χ0v) is 14.1. The third-order valence-corrected chi connectivity index (χ3v) is 6.33. The molecule has 6 heteroatoms. The van der Waals surface area contributed by atoms with Gasteiger partial charge in [0, 0.05) is 22.4 Å². The van der Waals surface area contributed by atoms with Crippen LogP contribution in [0.4, 0.5) is 0 Å². The highest BCUT2D eigenvalue weighted by molar-refractivity contribution is 7.99. The summed E-state index contributed by atoms with van der Waals surface area (Å²) in [5, 5.41) is 1.32.